The third kappa shape index (κ3) is 2.93. The van der Waals surface area contributed by atoms with E-state index in [-0.39, 0.29) is 5.75 Å². The van der Waals surface area contributed by atoms with Crippen LogP contribution in [0.5, 0.6) is 0 Å². The van der Waals surface area contributed by atoms with Gasteiger partial charge in [-0.2, -0.15) is 0 Å². The lowest BCUT2D eigenvalue weighted by atomic mass is 10.2. The van der Waals surface area contributed by atoms with E-state index in [0.29, 0.717) is 16.7 Å². The lowest BCUT2D eigenvalue weighted by molar-refractivity contribution is -0.133. The largest absolute Gasteiger partial charge is 0.481 e. The van der Waals surface area contributed by atoms with Crippen LogP contribution in [0.4, 0.5) is 4.39 Å². The average molecular weight is 281 g/mol. The number of carboxylic acid groups (broad SMARTS) is 1. The van der Waals surface area contributed by atoms with Gasteiger partial charge in [-0.25, -0.2) is 4.39 Å². The molecular formula is C12H12FN3O2S. The number of benzene rings is 1. The molecule has 0 spiro atoms. The Morgan fingerprint density at radius 2 is 2.16 bits per heavy atom. The molecule has 0 saturated carbocycles. The van der Waals surface area contributed by atoms with Gasteiger partial charge in [0.15, 0.2) is 5.16 Å². The highest BCUT2D eigenvalue weighted by molar-refractivity contribution is 7.99. The summed E-state index contributed by atoms with van der Waals surface area (Å²) in [7, 11) is 0. The molecule has 0 fully saturated rings. The molecule has 0 atom stereocenters. The number of nitrogens with zero attached hydrogens (tertiary/aromatic N) is 3. The van der Waals surface area contributed by atoms with Crippen molar-refractivity contribution < 1.29 is 14.3 Å². The molecule has 0 unspecified atom stereocenters. The van der Waals surface area contributed by atoms with E-state index < -0.39 is 11.8 Å². The number of carbonyl (C=O) groups is 1. The number of carboxylic acids is 1. The Kier molecular flexibility index (Phi) is 3.84. The van der Waals surface area contributed by atoms with E-state index in [9.17, 15) is 9.18 Å². The SMILES string of the molecule is Cc1ccc(F)c(-n2c(C)nnc2SCC(=O)O)c1. The highest BCUT2D eigenvalue weighted by Gasteiger charge is 2.15. The molecule has 1 aromatic heterocycles. The zero-order chi connectivity index (χ0) is 14.0. The molecule has 100 valence electrons. The minimum Gasteiger partial charge on any atom is -0.481 e. The predicted molar refractivity (Wildman–Crippen MR) is 69.2 cm³/mol. The fourth-order valence-corrected chi connectivity index (χ4v) is 2.34. The lowest BCUT2D eigenvalue weighted by Gasteiger charge is -2.09. The van der Waals surface area contributed by atoms with Gasteiger partial charge < -0.3 is 5.11 Å². The van der Waals surface area contributed by atoms with Crippen molar-refractivity contribution in [2.45, 2.75) is 19.0 Å². The molecule has 1 N–H and O–H groups in total. The van der Waals surface area contributed by atoms with E-state index in [2.05, 4.69) is 10.2 Å². The zero-order valence-electron chi connectivity index (χ0n) is 10.4. The fourth-order valence-electron chi connectivity index (χ4n) is 1.63. The molecule has 5 nitrogen and oxygen atoms in total. The molecule has 1 heterocycles. The second kappa shape index (κ2) is 5.40. The summed E-state index contributed by atoms with van der Waals surface area (Å²) in [6, 6.07) is 4.72. The second-order valence-corrected chi connectivity index (χ2v) is 4.94. The Hall–Kier alpha value is -1.89. The highest BCUT2D eigenvalue weighted by Crippen LogP contribution is 2.24. The van der Waals surface area contributed by atoms with Crippen LogP contribution in [0, 0.1) is 19.7 Å². The van der Waals surface area contributed by atoms with E-state index in [1.54, 1.807) is 19.1 Å². The highest BCUT2D eigenvalue weighted by atomic mass is 32.2. The van der Waals surface area contributed by atoms with Crippen LogP contribution in [0.15, 0.2) is 23.4 Å². The molecule has 7 heteroatoms. The quantitative estimate of drug-likeness (QED) is 0.870. The first-order chi connectivity index (χ1) is 8.99. The lowest BCUT2D eigenvalue weighted by Crippen LogP contribution is -2.05. The molecule has 0 radical (unpaired) electrons. The Morgan fingerprint density at radius 3 is 2.84 bits per heavy atom. The molecule has 0 saturated heterocycles. The van der Waals surface area contributed by atoms with Crippen LogP contribution in [0.1, 0.15) is 11.4 Å². The number of hydrogen-bond donors (Lipinski definition) is 1. The molecule has 2 aromatic rings. The molecule has 0 aliphatic carbocycles. The number of aliphatic carboxylic acids is 1. The van der Waals surface area contributed by atoms with Gasteiger partial charge in [0.1, 0.15) is 11.6 Å². The van der Waals surface area contributed by atoms with Gasteiger partial charge in [-0.15, -0.1) is 10.2 Å². The predicted octanol–water partition coefficient (Wildman–Crippen LogP) is 2.20. The summed E-state index contributed by atoms with van der Waals surface area (Å²) in [5.74, 6) is -0.990. The smallest absolute Gasteiger partial charge is 0.313 e. The van der Waals surface area contributed by atoms with E-state index in [4.69, 9.17) is 5.11 Å². The van der Waals surface area contributed by atoms with Gasteiger partial charge in [-0.05, 0) is 31.5 Å². The Labute approximate surface area is 113 Å². The Bertz CT molecular complexity index is 627. The van der Waals surface area contributed by atoms with Crippen molar-refractivity contribution in [3.63, 3.8) is 0 Å². The number of aryl methyl sites for hydroxylation is 2. The normalized spacial score (nSPS) is 10.7. The van der Waals surface area contributed by atoms with Crippen LogP contribution in [-0.4, -0.2) is 31.6 Å². The second-order valence-electron chi connectivity index (χ2n) is 4.00. The third-order valence-electron chi connectivity index (χ3n) is 2.46. The number of rotatable bonds is 4. The molecule has 1 aromatic carbocycles. The first-order valence-electron chi connectivity index (χ1n) is 5.52. The van der Waals surface area contributed by atoms with E-state index in [1.807, 2.05) is 6.92 Å². The molecule has 0 amide bonds. The maximum absolute atomic E-state index is 13.9. The Morgan fingerprint density at radius 1 is 1.42 bits per heavy atom. The summed E-state index contributed by atoms with van der Waals surface area (Å²) in [6.45, 7) is 3.55. The molecular weight excluding hydrogens is 269 g/mol. The average Bonchev–Trinajstić information content (AvgIpc) is 2.71. The standard InChI is InChI=1S/C12H12FN3O2S/c1-7-3-4-9(13)10(5-7)16-8(2)14-15-12(16)19-6-11(17)18/h3-5H,6H2,1-2H3,(H,17,18). The van der Waals surface area contributed by atoms with Gasteiger partial charge >= 0.3 is 5.97 Å². The zero-order valence-corrected chi connectivity index (χ0v) is 11.2. The van der Waals surface area contributed by atoms with Crippen LogP contribution in [0.2, 0.25) is 0 Å². The summed E-state index contributed by atoms with van der Waals surface area (Å²) >= 11 is 1.01. The molecule has 0 aliphatic rings. The van der Waals surface area contributed by atoms with E-state index >= 15 is 0 Å². The minimum absolute atomic E-state index is 0.147. The van der Waals surface area contributed by atoms with Gasteiger partial charge in [-0.3, -0.25) is 9.36 Å². The van der Waals surface area contributed by atoms with Gasteiger partial charge in [-0.1, -0.05) is 17.8 Å². The summed E-state index contributed by atoms with van der Waals surface area (Å²) in [4.78, 5) is 10.6. The minimum atomic E-state index is -0.957. The number of thioether (sulfide) groups is 1. The van der Waals surface area contributed by atoms with Crippen molar-refractivity contribution in [1.29, 1.82) is 0 Å². The third-order valence-corrected chi connectivity index (χ3v) is 3.38. The molecule has 0 aliphatic heterocycles. The van der Waals surface area contributed by atoms with Gasteiger partial charge in [0.25, 0.3) is 0 Å². The summed E-state index contributed by atoms with van der Waals surface area (Å²) in [6.07, 6.45) is 0. The summed E-state index contributed by atoms with van der Waals surface area (Å²) in [5.41, 5.74) is 1.23. The summed E-state index contributed by atoms with van der Waals surface area (Å²) in [5, 5.41) is 16.8. The van der Waals surface area contributed by atoms with E-state index in [1.165, 1.54) is 10.6 Å². The van der Waals surface area contributed by atoms with Crippen LogP contribution in [0.3, 0.4) is 0 Å². The Balaban J connectivity index is 2.46. The van der Waals surface area contributed by atoms with Crippen LogP contribution < -0.4 is 0 Å². The molecule has 19 heavy (non-hydrogen) atoms. The van der Waals surface area contributed by atoms with Crippen LogP contribution in [0.25, 0.3) is 5.69 Å². The fraction of sp³-hybridized carbons (Fsp3) is 0.250. The first-order valence-corrected chi connectivity index (χ1v) is 6.50. The van der Waals surface area contributed by atoms with Crippen molar-refractivity contribution in [2.75, 3.05) is 5.75 Å². The molecule has 2 rings (SSSR count). The monoisotopic (exact) mass is 281 g/mol. The maximum Gasteiger partial charge on any atom is 0.313 e. The van der Waals surface area contributed by atoms with Gasteiger partial charge in [0, 0.05) is 0 Å². The van der Waals surface area contributed by atoms with Crippen molar-refractivity contribution in [3.8, 4) is 5.69 Å². The van der Waals surface area contributed by atoms with Gasteiger partial charge in [0.05, 0.1) is 11.4 Å². The van der Waals surface area contributed by atoms with E-state index in [0.717, 1.165) is 17.3 Å². The van der Waals surface area contributed by atoms with Crippen molar-refractivity contribution in [2.24, 2.45) is 0 Å². The number of hydrogen-bond acceptors (Lipinski definition) is 4. The van der Waals surface area contributed by atoms with Crippen molar-refractivity contribution >= 4 is 17.7 Å². The van der Waals surface area contributed by atoms with Crippen molar-refractivity contribution in [1.82, 2.24) is 14.8 Å². The maximum atomic E-state index is 13.9. The number of halogens is 1. The number of aromatic nitrogens is 3. The van der Waals surface area contributed by atoms with Crippen molar-refractivity contribution in [3.05, 3.63) is 35.4 Å². The van der Waals surface area contributed by atoms with Crippen LogP contribution in [-0.2, 0) is 4.79 Å². The van der Waals surface area contributed by atoms with Gasteiger partial charge in [0.2, 0.25) is 0 Å². The van der Waals surface area contributed by atoms with Crippen LogP contribution >= 0.6 is 11.8 Å². The molecule has 0 bridgehead atoms. The summed E-state index contributed by atoms with van der Waals surface area (Å²) < 4.78 is 15.4. The first kappa shape index (κ1) is 13.5. The topological polar surface area (TPSA) is 68.0 Å².